The molecule has 146 valence electrons. The predicted molar refractivity (Wildman–Crippen MR) is 102 cm³/mol. The summed E-state index contributed by atoms with van der Waals surface area (Å²) < 4.78 is 19.2. The smallest absolute Gasteiger partial charge is 0.272 e. The van der Waals surface area contributed by atoms with Gasteiger partial charge in [0.25, 0.3) is 11.8 Å². The van der Waals surface area contributed by atoms with E-state index < -0.39 is 5.60 Å². The van der Waals surface area contributed by atoms with Crippen molar-refractivity contribution in [1.82, 2.24) is 9.88 Å². The molecule has 4 rings (SSSR count). The lowest BCUT2D eigenvalue weighted by atomic mass is 9.85. The van der Waals surface area contributed by atoms with Crippen LogP contribution in [0.25, 0.3) is 0 Å². The Labute approximate surface area is 162 Å². The molecule has 2 saturated heterocycles. The van der Waals surface area contributed by atoms with Crippen molar-refractivity contribution in [2.75, 3.05) is 24.6 Å². The van der Waals surface area contributed by atoms with E-state index in [-0.39, 0.29) is 30.3 Å². The minimum atomic E-state index is -0.709. The molecule has 2 aromatic rings. The number of carbonyl (C=O) groups is 2. The first kappa shape index (κ1) is 18.6. The van der Waals surface area contributed by atoms with Gasteiger partial charge >= 0.3 is 0 Å². The first-order chi connectivity index (χ1) is 13.4. The molecule has 0 saturated carbocycles. The Morgan fingerprint density at radius 2 is 2.04 bits per heavy atom. The van der Waals surface area contributed by atoms with Crippen LogP contribution in [0.4, 0.5) is 10.1 Å². The highest BCUT2D eigenvalue weighted by Gasteiger charge is 2.50. The highest BCUT2D eigenvalue weighted by Crippen LogP contribution is 2.36. The SMILES string of the molecule is Cc1cccnc1C(=O)N1CC[C@H]2N(c3ccc(F)cc3)C(=O)CO[C@]2(C)C1. The van der Waals surface area contributed by atoms with Crippen LogP contribution < -0.4 is 4.90 Å². The van der Waals surface area contributed by atoms with Crippen molar-refractivity contribution in [3.63, 3.8) is 0 Å². The molecule has 0 unspecified atom stereocenters. The summed E-state index contributed by atoms with van der Waals surface area (Å²) in [5.41, 5.74) is 1.20. The van der Waals surface area contributed by atoms with E-state index in [4.69, 9.17) is 4.74 Å². The summed E-state index contributed by atoms with van der Waals surface area (Å²) in [5, 5.41) is 0. The lowest BCUT2D eigenvalue weighted by molar-refractivity contribution is -0.149. The minimum Gasteiger partial charge on any atom is -0.361 e. The highest BCUT2D eigenvalue weighted by atomic mass is 19.1. The number of rotatable bonds is 2. The normalized spacial score (nSPS) is 24.8. The standard InChI is InChI=1S/C21H22FN3O3/c1-14-4-3-10-23-19(14)20(27)24-11-9-17-21(2,13-24)28-12-18(26)25(17)16-7-5-15(22)6-8-16/h3-8,10,17H,9,11-13H2,1-2H3/t17-,21-/m1/s1. The fourth-order valence-electron chi connectivity index (χ4n) is 4.12. The van der Waals surface area contributed by atoms with Gasteiger partial charge in [0, 0.05) is 18.4 Å². The number of halogens is 1. The van der Waals surface area contributed by atoms with E-state index >= 15 is 0 Å². The topological polar surface area (TPSA) is 62.7 Å². The van der Waals surface area contributed by atoms with Crippen molar-refractivity contribution < 1.29 is 18.7 Å². The maximum absolute atomic E-state index is 13.3. The number of ether oxygens (including phenoxy) is 1. The van der Waals surface area contributed by atoms with Crippen LogP contribution in [0.3, 0.4) is 0 Å². The van der Waals surface area contributed by atoms with Crippen molar-refractivity contribution in [2.24, 2.45) is 0 Å². The van der Waals surface area contributed by atoms with Crippen LogP contribution in [0.2, 0.25) is 0 Å². The van der Waals surface area contributed by atoms with Gasteiger partial charge < -0.3 is 14.5 Å². The van der Waals surface area contributed by atoms with E-state index in [2.05, 4.69) is 4.98 Å². The van der Waals surface area contributed by atoms with Gasteiger partial charge in [-0.05, 0) is 56.2 Å². The van der Waals surface area contributed by atoms with Crippen LogP contribution in [-0.2, 0) is 9.53 Å². The molecular formula is C21H22FN3O3. The molecule has 0 aliphatic carbocycles. The third-order valence-electron chi connectivity index (χ3n) is 5.59. The molecule has 1 aromatic carbocycles. The number of hydrogen-bond acceptors (Lipinski definition) is 4. The van der Waals surface area contributed by atoms with Crippen LogP contribution in [0.1, 0.15) is 29.4 Å². The Morgan fingerprint density at radius 3 is 2.75 bits per heavy atom. The highest BCUT2D eigenvalue weighted by molar-refractivity contribution is 5.96. The summed E-state index contributed by atoms with van der Waals surface area (Å²) in [4.78, 5) is 33.2. The number of nitrogens with zero attached hydrogens (tertiary/aromatic N) is 3. The molecule has 6 nitrogen and oxygen atoms in total. The second-order valence-electron chi connectivity index (χ2n) is 7.54. The van der Waals surface area contributed by atoms with Crippen molar-refractivity contribution in [3.8, 4) is 0 Å². The van der Waals surface area contributed by atoms with E-state index in [0.717, 1.165) is 5.56 Å². The largest absolute Gasteiger partial charge is 0.361 e. The summed E-state index contributed by atoms with van der Waals surface area (Å²) >= 11 is 0. The number of hydrogen-bond donors (Lipinski definition) is 0. The number of aryl methyl sites for hydroxylation is 1. The first-order valence-corrected chi connectivity index (χ1v) is 9.31. The second-order valence-corrected chi connectivity index (χ2v) is 7.54. The zero-order valence-electron chi connectivity index (χ0n) is 15.9. The van der Waals surface area contributed by atoms with E-state index in [0.29, 0.717) is 30.9 Å². The quantitative estimate of drug-likeness (QED) is 0.800. The molecule has 0 radical (unpaired) electrons. The summed E-state index contributed by atoms with van der Waals surface area (Å²) in [7, 11) is 0. The lowest BCUT2D eigenvalue weighted by Crippen LogP contribution is -2.68. The number of likely N-dealkylation sites (tertiary alicyclic amines) is 1. The summed E-state index contributed by atoms with van der Waals surface area (Å²) in [6, 6.07) is 9.34. The first-order valence-electron chi connectivity index (χ1n) is 9.31. The van der Waals surface area contributed by atoms with E-state index in [1.165, 1.54) is 12.1 Å². The van der Waals surface area contributed by atoms with Gasteiger partial charge in [-0.1, -0.05) is 6.07 Å². The molecule has 3 heterocycles. The molecule has 28 heavy (non-hydrogen) atoms. The zero-order valence-corrected chi connectivity index (χ0v) is 15.9. The molecule has 0 spiro atoms. The second kappa shape index (κ2) is 6.98. The van der Waals surface area contributed by atoms with Crippen LogP contribution in [0.15, 0.2) is 42.6 Å². The third kappa shape index (κ3) is 3.16. The molecule has 2 atom stereocenters. The Bertz CT molecular complexity index is 917. The summed E-state index contributed by atoms with van der Waals surface area (Å²) in [6.07, 6.45) is 2.18. The van der Waals surface area contributed by atoms with Gasteiger partial charge in [-0.15, -0.1) is 0 Å². The Hall–Kier alpha value is -2.80. The van der Waals surface area contributed by atoms with Crippen LogP contribution in [0.5, 0.6) is 0 Å². The van der Waals surface area contributed by atoms with Gasteiger partial charge in [-0.25, -0.2) is 4.39 Å². The lowest BCUT2D eigenvalue weighted by Gasteiger charge is -2.52. The number of benzene rings is 1. The number of piperidine rings is 1. The van der Waals surface area contributed by atoms with E-state index in [1.807, 2.05) is 19.9 Å². The zero-order chi connectivity index (χ0) is 19.9. The summed E-state index contributed by atoms with van der Waals surface area (Å²) in [6.45, 7) is 4.56. The fraction of sp³-hybridized carbons (Fsp3) is 0.381. The molecule has 2 fully saturated rings. The Kier molecular flexibility index (Phi) is 4.63. The molecule has 0 N–H and O–H groups in total. The van der Waals surface area contributed by atoms with Crippen molar-refractivity contribution >= 4 is 17.5 Å². The Balaban J connectivity index is 1.60. The molecule has 2 amide bonds. The number of amides is 2. The number of carbonyl (C=O) groups excluding carboxylic acids is 2. The van der Waals surface area contributed by atoms with Crippen molar-refractivity contribution in [2.45, 2.75) is 31.9 Å². The Morgan fingerprint density at radius 1 is 1.29 bits per heavy atom. The van der Waals surface area contributed by atoms with Crippen LogP contribution in [-0.4, -0.2) is 53.0 Å². The number of morpholine rings is 1. The van der Waals surface area contributed by atoms with Crippen molar-refractivity contribution in [3.05, 3.63) is 59.7 Å². The number of aromatic nitrogens is 1. The predicted octanol–water partition coefficient (Wildman–Crippen LogP) is 2.57. The van der Waals surface area contributed by atoms with Gasteiger partial charge in [0.1, 0.15) is 23.7 Å². The fourth-order valence-corrected chi connectivity index (χ4v) is 4.12. The van der Waals surface area contributed by atoms with E-state index in [1.54, 1.807) is 34.2 Å². The number of fused-ring (bicyclic) bond motifs is 1. The average molecular weight is 383 g/mol. The monoisotopic (exact) mass is 383 g/mol. The number of pyridine rings is 1. The maximum atomic E-state index is 13.3. The molecule has 2 aliphatic rings. The number of anilines is 1. The molecule has 7 heteroatoms. The average Bonchev–Trinajstić information content (AvgIpc) is 2.69. The molecule has 2 aliphatic heterocycles. The van der Waals surface area contributed by atoms with E-state index in [9.17, 15) is 14.0 Å². The van der Waals surface area contributed by atoms with Crippen molar-refractivity contribution in [1.29, 1.82) is 0 Å². The minimum absolute atomic E-state index is 0.0744. The van der Waals surface area contributed by atoms with Gasteiger partial charge in [0.05, 0.1) is 12.6 Å². The summed E-state index contributed by atoms with van der Waals surface area (Å²) in [5.74, 6) is -0.639. The molecule has 0 bridgehead atoms. The van der Waals surface area contributed by atoms with Gasteiger partial charge in [-0.2, -0.15) is 0 Å². The van der Waals surface area contributed by atoms with Gasteiger partial charge in [0.15, 0.2) is 0 Å². The third-order valence-corrected chi connectivity index (χ3v) is 5.59. The molecule has 1 aromatic heterocycles. The van der Waals surface area contributed by atoms with Crippen LogP contribution in [0, 0.1) is 12.7 Å². The van der Waals surface area contributed by atoms with Gasteiger partial charge in [0.2, 0.25) is 0 Å². The maximum Gasteiger partial charge on any atom is 0.272 e. The van der Waals surface area contributed by atoms with Gasteiger partial charge in [-0.3, -0.25) is 14.6 Å². The van der Waals surface area contributed by atoms with Crippen LogP contribution >= 0.6 is 0 Å². The molecular weight excluding hydrogens is 361 g/mol.